The van der Waals surface area contributed by atoms with E-state index in [1.54, 1.807) is 30.6 Å². The van der Waals surface area contributed by atoms with Crippen LogP contribution in [0.15, 0.2) is 30.6 Å². The van der Waals surface area contributed by atoms with Crippen molar-refractivity contribution in [1.29, 1.82) is 0 Å². The molecule has 1 aromatic carbocycles. The Kier molecular flexibility index (Phi) is 5.40. The van der Waals surface area contributed by atoms with Crippen LogP contribution in [0.1, 0.15) is 33.0 Å². The molecule has 1 saturated heterocycles. The third kappa shape index (κ3) is 4.22. The highest BCUT2D eigenvalue weighted by atomic mass is 35.5. The lowest BCUT2D eigenvalue weighted by Crippen LogP contribution is -2.33. The molecule has 0 aliphatic carbocycles. The Labute approximate surface area is 167 Å². The van der Waals surface area contributed by atoms with Crippen molar-refractivity contribution >= 4 is 46.4 Å². The van der Waals surface area contributed by atoms with Gasteiger partial charge in [-0.3, -0.25) is 9.59 Å². The minimum Gasteiger partial charge on any atom is -0.323 e. The summed E-state index contributed by atoms with van der Waals surface area (Å²) in [4.78, 5) is 35.3. The molecule has 1 unspecified atom stereocenters. The van der Waals surface area contributed by atoms with Gasteiger partial charge in [-0.15, -0.1) is 0 Å². The average molecular weight is 407 g/mol. The molecule has 1 aliphatic rings. The lowest BCUT2D eigenvalue weighted by Gasteiger charge is -2.18. The number of nitrogens with one attached hydrogen (secondary N) is 1. The molecule has 0 bridgehead atoms. The minimum atomic E-state index is -0.789. The molecular formula is C19H20Cl2N4O2. The van der Waals surface area contributed by atoms with Gasteiger partial charge in [0.1, 0.15) is 11.7 Å². The molecule has 1 N–H and O–H groups in total. The number of rotatable bonds is 3. The van der Waals surface area contributed by atoms with Crippen LogP contribution in [-0.4, -0.2) is 28.3 Å². The van der Waals surface area contributed by atoms with Gasteiger partial charge >= 0.3 is 0 Å². The van der Waals surface area contributed by atoms with Crippen LogP contribution in [0.3, 0.4) is 0 Å². The summed E-state index contributed by atoms with van der Waals surface area (Å²) in [5.74, 6) is -0.793. The second kappa shape index (κ2) is 7.44. The van der Waals surface area contributed by atoms with Gasteiger partial charge in [0.25, 0.3) is 0 Å². The van der Waals surface area contributed by atoms with E-state index >= 15 is 0 Å². The molecule has 0 saturated carbocycles. The SMILES string of the molecule is CC(C)(C)c1ncc(NC(=O)C2CCN(c3cc(Cl)ccc3Cl)C2=O)cn1. The second-order valence-electron chi connectivity index (χ2n) is 7.46. The zero-order valence-corrected chi connectivity index (χ0v) is 16.8. The zero-order valence-electron chi connectivity index (χ0n) is 15.3. The Morgan fingerprint density at radius 1 is 1.22 bits per heavy atom. The van der Waals surface area contributed by atoms with Crippen molar-refractivity contribution in [1.82, 2.24) is 9.97 Å². The van der Waals surface area contributed by atoms with Gasteiger partial charge in [0.2, 0.25) is 11.8 Å². The average Bonchev–Trinajstić information content (AvgIpc) is 2.98. The molecule has 1 aromatic heterocycles. The van der Waals surface area contributed by atoms with E-state index in [9.17, 15) is 9.59 Å². The number of halogens is 2. The van der Waals surface area contributed by atoms with Crippen LogP contribution in [0.5, 0.6) is 0 Å². The Bertz CT molecular complexity index is 878. The molecule has 1 aliphatic heterocycles. The molecule has 1 atom stereocenters. The highest BCUT2D eigenvalue weighted by Crippen LogP contribution is 2.33. The third-order valence-electron chi connectivity index (χ3n) is 4.31. The number of amides is 2. The van der Waals surface area contributed by atoms with Crippen molar-refractivity contribution in [3.8, 4) is 0 Å². The summed E-state index contributed by atoms with van der Waals surface area (Å²) < 4.78 is 0. The molecule has 1 fully saturated rings. The van der Waals surface area contributed by atoms with Crippen molar-refractivity contribution in [2.24, 2.45) is 5.92 Å². The summed E-state index contributed by atoms with van der Waals surface area (Å²) in [7, 11) is 0. The van der Waals surface area contributed by atoms with Crippen molar-refractivity contribution < 1.29 is 9.59 Å². The number of carbonyl (C=O) groups is 2. The summed E-state index contributed by atoms with van der Waals surface area (Å²) in [6, 6.07) is 4.91. The van der Waals surface area contributed by atoms with Crippen molar-refractivity contribution in [3.63, 3.8) is 0 Å². The largest absolute Gasteiger partial charge is 0.323 e. The number of nitrogens with zero attached hydrogens (tertiary/aromatic N) is 3. The van der Waals surface area contributed by atoms with Gasteiger partial charge in [0, 0.05) is 17.0 Å². The van der Waals surface area contributed by atoms with Crippen molar-refractivity contribution in [2.75, 3.05) is 16.8 Å². The first-order valence-electron chi connectivity index (χ1n) is 8.56. The quantitative estimate of drug-likeness (QED) is 0.779. The highest BCUT2D eigenvalue weighted by molar-refractivity contribution is 6.36. The maximum atomic E-state index is 12.7. The van der Waals surface area contributed by atoms with E-state index in [0.717, 1.165) is 0 Å². The summed E-state index contributed by atoms with van der Waals surface area (Å²) in [6.07, 6.45) is 3.50. The Balaban J connectivity index is 1.71. The maximum Gasteiger partial charge on any atom is 0.239 e. The van der Waals surface area contributed by atoms with Crippen molar-refractivity contribution in [2.45, 2.75) is 32.6 Å². The summed E-state index contributed by atoms with van der Waals surface area (Å²) in [6.45, 7) is 6.42. The lowest BCUT2D eigenvalue weighted by atomic mass is 9.96. The number of carbonyl (C=O) groups excluding carboxylic acids is 2. The fraction of sp³-hybridized carbons (Fsp3) is 0.368. The van der Waals surface area contributed by atoms with Crippen molar-refractivity contribution in [3.05, 3.63) is 46.5 Å². The predicted molar refractivity (Wildman–Crippen MR) is 106 cm³/mol. The monoisotopic (exact) mass is 406 g/mol. The van der Waals surface area contributed by atoms with E-state index in [4.69, 9.17) is 23.2 Å². The van der Waals surface area contributed by atoms with Gasteiger partial charge in [-0.2, -0.15) is 0 Å². The van der Waals surface area contributed by atoms with E-state index < -0.39 is 5.92 Å². The summed E-state index contributed by atoms with van der Waals surface area (Å²) >= 11 is 12.2. The predicted octanol–water partition coefficient (Wildman–Crippen LogP) is 4.07. The van der Waals surface area contributed by atoms with Gasteiger partial charge < -0.3 is 10.2 Å². The van der Waals surface area contributed by atoms with E-state index in [1.165, 1.54) is 4.90 Å². The standard InChI is InChI=1S/C19H20Cl2N4O2/c1-19(2,3)18-22-9-12(10-23-18)24-16(26)13-6-7-25(17(13)27)15-8-11(20)4-5-14(15)21/h4-5,8-10,13H,6-7H2,1-3H3,(H,24,26). The van der Waals surface area contributed by atoms with Crippen LogP contribution < -0.4 is 10.2 Å². The Hall–Kier alpha value is -2.18. The zero-order chi connectivity index (χ0) is 19.8. The van der Waals surface area contributed by atoms with E-state index in [-0.39, 0.29) is 17.2 Å². The fourth-order valence-electron chi connectivity index (χ4n) is 2.86. The highest BCUT2D eigenvalue weighted by Gasteiger charge is 2.38. The van der Waals surface area contributed by atoms with Gasteiger partial charge in [-0.05, 0) is 24.6 Å². The lowest BCUT2D eigenvalue weighted by molar-refractivity contribution is -0.129. The van der Waals surface area contributed by atoms with Crippen LogP contribution >= 0.6 is 23.2 Å². The number of hydrogen-bond acceptors (Lipinski definition) is 4. The molecule has 0 radical (unpaired) electrons. The first-order chi connectivity index (χ1) is 12.7. The Morgan fingerprint density at radius 3 is 2.52 bits per heavy atom. The minimum absolute atomic E-state index is 0.180. The summed E-state index contributed by atoms with van der Waals surface area (Å²) in [5, 5.41) is 3.62. The van der Waals surface area contributed by atoms with Crippen LogP contribution in [0.25, 0.3) is 0 Å². The first-order valence-corrected chi connectivity index (χ1v) is 9.32. The first kappa shape index (κ1) is 19.6. The number of anilines is 2. The molecule has 2 amide bonds. The number of aromatic nitrogens is 2. The summed E-state index contributed by atoms with van der Waals surface area (Å²) in [5.41, 5.74) is 0.795. The molecule has 6 nitrogen and oxygen atoms in total. The topological polar surface area (TPSA) is 75.2 Å². The van der Waals surface area contributed by atoms with Crippen LogP contribution in [0.2, 0.25) is 10.0 Å². The van der Waals surface area contributed by atoms with Gasteiger partial charge in [-0.1, -0.05) is 44.0 Å². The third-order valence-corrected chi connectivity index (χ3v) is 4.87. The maximum absolute atomic E-state index is 12.7. The normalized spacial score (nSPS) is 17.3. The molecule has 3 rings (SSSR count). The molecule has 0 spiro atoms. The Morgan fingerprint density at radius 2 is 1.89 bits per heavy atom. The van der Waals surface area contributed by atoms with Crippen LogP contribution in [-0.2, 0) is 15.0 Å². The number of benzene rings is 1. The molecule has 2 heterocycles. The van der Waals surface area contributed by atoms with Gasteiger partial charge in [0.15, 0.2) is 0 Å². The molecule has 27 heavy (non-hydrogen) atoms. The van der Waals surface area contributed by atoms with Gasteiger partial charge in [-0.25, -0.2) is 9.97 Å². The van der Waals surface area contributed by atoms with Crippen LogP contribution in [0, 0.1) is 5.92 Å². The molecule has 2 aromatic rings. The molecule has 8 heteroatoms. The second-order valence-corrected chi connectivity index (χ2v) is 8.31. The molecular weight excluding hydrogens is 387 g/mol. The van der Waals surface area contributed by atoms with Crippen LogP contribution in [0.4, 0.5) is 11.4 Å². The molecule has 142 valence electrons. The van der Waals surface area contributed by atoms with Gasteiger partial charge in [0.05, 0.1) is 28.8 Å². The fourth-order valence-corrected chi connectivity index (χ4v) is 3.25. The van der Waals surface area contributed by atoms with E-state index in [0.29, 0.717) is 40.2 Å². The smallest absolute Gasteiger partial charge is 0.239 e. The van der Waals surface area contributed by atoms with E-state index in [2.05, 4.69) is 15.3 Å². The van der Waals surface area contributed by atoms with E-state index in [1.807, 2.05) is 20.8 Å². The number of hydrogen-bond donors (Lipinski definition) is 1.